The quantitative estimate of drug-likeness (QED) is 0.786. The fraction of sp³-hybridized carbons (Fsp3) is 0.0667. The van der Waals surface area contributed by atoms with E-state index in [1.54, 1.807) is 24.9 Å². The van der Waals surface area contributed by atoms with Crippen LogP contribution in [0.25, 0.3) is 0 Å². The number of Topliss-reactive ketones (excluding diaryl/α,β-unsaturated/α-hetero) is 1. The second-order valence-corrected chi connectivity index (χ2v) is 5.43. The van der Waals surface area contributed by atoms with Crippen molar-refractivity contribution in [2.75, 3.05) is 11.9 Å². The van der Waals surface area contributed by atoms with Crippen LogP contribution in [0.1, 0.15) is 10.4 Å². The van der Waals surface area contributed by atoms with Crippen LogP contribution < -0.4 is 4.90 Å². The highest BCUT2D eigenvalue weighted by Gasteiger charge is 2.33. The molecule has 1 heterocycles. The summed E-state index contributed by atoms with van der Waals surface area (Å²) in [5.74, 6) is -0.884. The van der Waals surface area contributed by atoms with Gasteiger partial charge in [-0.3, -0.25) is 9.59 Å². The van der Waals surface area contributed by atoms with Gasteiger partial charge >= 0.3 is 0 Å². The van der Waals surface area contributed by atoms with Crippen LogP contribution in [0.2, 0.25) is 0 Å². The number of fused-ring (bicyclic) bond motifs is 1. The Kier molecular flexibility index (Phi) is 2.87. The smallest absolute Gasteiger partial charge is 0.299 e. The molecule has 0 saturated heterocycles. The number of benzene rings is 2. The van der Waals surface area contributed by atoms with Gasteiger partial charge in [0.2, 0.25) is 0 Å². The molecule has 0 N–H and O–H groups in total. The van der Waals surface area contributed by atoms with Crippen LogP contribution in [0, 0.1) is 0 Å². The van der Waals surface area contributed by atoms with Crippen molar-refractivity contribution in [1.29, 1.82) is 0 Å². The first-order valence-electron chi connectivity index (χ1n) is 5.86. The van der Waals surface area contributed by atoms with Gasteiger partial charge in [-0.05, 0) is 30.3 Å². The van der Waals surface area contributed by atoms with E-state index in [1.165, 1.54) is 4.90 Å². The standard InChI is InChI=1S/C15H11NO2S/c1-16-13-9-11(19-10-5-3-2-4-6-10)7-8-12(13)14(17)15(16)18/h2-9H,1H3. The summed E-state index contributed by atoms with van der Waals surface area (Å²) in [6, 6.07) is 15.5. The molecule has 19 heavy (non-hydrogen) atoms. The molecule has 0 bridgehead atoms. The number of anilines is 1. The van der Waals surface area contributed by atoms with Gasteiger partial charge in [-0.2, -0.15) is 0 Å². The van der Waals surface area contributed by atoms with Crippen LogP contribution in [0.15, 0.2) is 58.3 Å². The molecule has 3 nitrogen and oxygen atoms in total. The molecule has 0 saturated carbocycles. The van der Waals surface area contributed by atoms with Crippen molar-refractivity contribution >= 4 is 29.1 Å². The Bertz CT molecular complexity index is 667. The lowest BCUT2D eigenvalue weighted by atomic mass is 10.1. The minimum absolute atomic E-state index is 0.422. The third kappa shape index (κ3) is 2.04. The Hall–Kier alpha value is -2.07. The molecular formula is C15H11NO2S. The van der Waals surface area contributed by atoms with Gasteiger partial charge in [0.05, 0.1) is 11.3 Å². The highest BCUT2D eigenvalue weighted by atomic mass is 32.2. The SMILES string of the molecule is CN1C(=O)C(=O)c2ccc(Sc3ccccc3)cc21. The predicted molar refractivity (Wildman–Crippen MR) is 74.7 cm³/mol. The number of amides is 1. The number of hydrogen-bond donors (Lipinski definition) is 0. The zero-order chi connectivity index (χ0) is 13.4. The normalized spacial score (nSPS) is 13.8. The molecule has 1 aliphatic heterocycles. The summed E-state index contributed by atoms with van der Waals surface area (Å²) < 4.78 is 0. The van der Waals surface area contributed by atoms with Gasteiger partial charge in [0.1, 0.15) is 0 Å². The van der Waals surface area contributed by atoms with Crippen LogP contribution in [-0.2, 0) is 4.79 Å². The number of carbonyl (C=O) groups excluding carboxylic acids is 2. The fourth-order valence-corrected chi connectivity index (χ4v) is 2.92. The van der Waals surface area contributed by atoms with E-state index < -0.39 is 11.7 Å². The van der Waals surface area contributed by atoms with Crippen molar-refractivity contribution in [3.63, 3.8) is 0 Å². The van der Waals surface area contributed by atoms with E-state index >= 15 is 0 Å². The first-order valence-corrected chi connectivity index (χ1v) is 6.68. The Labute approximate surface area is 115 Å². The highest BCUT2D eigenvalue weighted by molar-refractivity contribution is 7.99. The highest BCUT2D eigenvalue weighted by Crippen LogP contribution is 2.34. The molecule has 0 unspecified atom stereocenters. The van der Waals surface area contributed by atoms with Crippen LogP contribution in [0.5, 0.6) is 0 Å². The van der Waals surface area contributed by atoms with Gasteiger partial charge in [0.15, 0.2) is 0 Å². The van der Waals surface area contributed by atoms with Gasteiger partial charge in [0, 0.05) is 16.8 Å². The van der Waals surface area contributed by atoms with Gasteiger partial charge in [-0.1, -0.05) is 30.0 Å². The van der Waals surface area contributed by atoms with Crippen LogP contribution in [-0.4, -0.2) is 18.7 Å². The second kappa shape index (κ2) is 4.55. The van der Waals surface area contributed by atoms with E-state index in [0.29, 0.717) is 11.3 Å². The number of carbonyl (C=O) groups is 2. The number of nitrogens with zero attached hydrogens (tertiary/aromatic N) is 1. The Balaban J connectivity index is 1.95. The third-order valence-corrected chi connectivity index (χ3v) is 4.05. The summed E-state index contributed by atoms with van der Waals surface area (Å²) in [6.45, 7) is 0. The number of likely N-dealkylation sites (N-methyl/N-ethyl adjacent to an activating group) is 1. The molecule has 0 aromatic heterocycles. The zero-order valence-electron chi connectivity index (χ0n) is 10.3. The van der Waals surface area contributed by atoms with E-state index in [4.69, 9.17) is 0 Å². The van der Waals surface area contributed by atoms with E-state index in [9.17, 15) is 9.59 Å². The van der Waals surface area contributed by atoms with Crippen LogP contribution in [0.3, 0.4) is 0 Å². The molecule has 0 spiro atoms. The average Bonchev–Trinajstić information content (AvgIpc) is 2.65. The summed E-state index contributed by atoms with van der Waals surface area (Å²) in [5.41, 5.74) is 1.18. The minimum atomic E-state index is -0.461. The summed E-state index contributed by atoms with van der Waals surface area (Å²) in [7, 11) is 1.63. The first-order chi connectivity index (χ1) is 9.16. The molecule has 2 aromatic rings. The lowest BCUT2D eigenvalue weighted by molar-refractivity contribution is -0.114. The molecule has 0 aliphatic carbocycles. The minimum Gasteiger partial charge on any atom is -0.308 e. The monoisotopic (exact) mass is 269 g/mol. The maximum atomic E-state index is 11.7. The second-order valence-electron chi connectivity index (χ2n) is 4.29. The molecule has 0 fully saturated rings. The fourth-order valence-electron chi connectivity index (χ4n) is 2.05. The zero-order valence-corrected chi connectivity index (χ0v) is 11.1. The van der Waals surface area contributed by atoms with Crippen molar-refractivity contribution in [1.82, 2.24) is 0 Å². The van der Waals surface area contributed by atoms with Crippen molar-refractivity contribution in [3.05, 3.63) is 54.1 Å². The Morgan fingerprint density at radius 3 is 2.42 bits per heavy atom. The maximum absolute atomic E-state index is 11.7. The number of rotatable bonds is 2. The summed E-state index contributed by atoms with van der Waals surface area (Å²) in [5, 5.41) is 0. The summed E-state index contributed by atoms with van der Waals surface area (Å²) in [6.07, 6.45) is 0. The number of hydrogen-bond acceptors (Lipinski definition) is 3. The molecular weight excluding hydrogens is 258 g/mol. The molecule has 0 radical (unpaired) electrons. The van der Waals surface area contributed by atoms with Gasteiger partial charge in [-0.15, -0.1) is 0 Å². The average molecular weight is 269 g/mol. The third-order valence-electron chi connectivity index (χ3n) is 3.05. The molecule has 3 rings (SSSR count). The molecule has 1 aliphatic rings. The Morgan fingerprint density at radius 1 is 0.947 bits per heavy atom. The van der Waals surface area contributed by atoms with Gasteiger partial charge in [0.25, 0.3) is 11.7 Å². The van der Waals surface area contributed by atoms with Crippen LogP contribution in [0.4, 0.5) is 5.69 Å². The van der Waals surface area contributed by atoms with E-state index in [2.05, 4.69) is 0 Å². The molecule has 94 valence electrons. The van der Waals surface area contributed by atoms with Crippen molar-refractivity contribution in [3.8, 4) is 0 Å². The van der Waals surface area contributed by atoms with Crippen LogP contribution >= 0.6 is 11.8 Å². The van der Waals surface area contributed by atoms with E-state index in [1.807, 2.05) is 42.5 Å². The van der Waals surface area contributed by atoms with E-state index in [-0.39, 0.29) is 0 Å². The largest absolute Gasteiger partial charge is 0.308 e. The van der Waals surface area contributed by atoms with Gasteiger partial charge < -0.3 is 4.90 Å². The predicted octanol–water partition coefficient (Wildman–Crippen LogP) is 3.00. The topological polar surface area (TPSA) is 37.4 Å². The maximum Gasteiger partial charge on any atom is 0.299 e. The molecule has 1 amide bonds. The molecule has 0 atom stereocenters. The number of ketones is 1. The van der Waals surface area contributed by atoms with Crippen molar-refractivity contribution in [2.24, 2.45) is 0 Å². The Morgan fingerprint density at radius 2 is 1.68 bits per heavy atom. The van der Waals surface area contributed by atoms with Crippen molar-refractivity contribution in [2.45, 2.75) is 9.79 Å². The van der Waals surface area contributed by atoms with E-state index in [0.717, 1.165) is 9.79 Å². The molecule has 4 heteroatoms. The first kappa shape index (κ1) is 12.0. The lowest BCUT2D eigenvalue weighted by Gasteiger charge is -2.10. The molecule has 2 aromatic carbocycles. The lowest BCUT2D eigenvalue weighted by Crippen LogP contribution is -2.24. The summed E-state index contributed by atoms with van der Waals surface area (Å²) in [4.78, 5) is 26.8. The van der Waals surface area contributed by atoms with Crippen molar-refractivity contribution < 1.29 is 9.59 Å². The van der Waals surface area contributed by atoms with Gasteiger partial charge in [-0.25, -0.2) is 0 Å². The summed E-state index contributed by atoms with van der Waals surface area (Å²) >= 11 is 1.61.